The summed E-state index contributed by atoms with van der Waals surface area (Å²) in [7, 11) is 0. The fourth-order valence-corrected chi connectivity index (χ4v) is 2.06. The first kappa shape index (κ1) is 68.7. The molecule has 0 aliphatic rings. The van der Waals surface area contributed by atoms with Crippen molar-refractivity contribution in [3.8, 4) is 0 Å². The maximum atomic E-state index is 12.4. The second kappa shape index (κ2) is 30.7. The average molecular weight is 1060 g/mol. The number of ether oxygens (including phenoxy) is 5. The highest BCUT2D eigenvalue weighted by atomic mass is 32.1. The lowest BCUT2D eigenvalue weighted by Gasteiger charge is -2.27. The maximum Gasteiger partial charge on any atom is 0.460 e. The highest BCUT2D eigenvalue weighted by Crippen LogP contribution is 2.46. The molecule has 372 valence electrons. The second-order valence-electron chi connectivity index (χ2n) is 10.2. The molecular formula is C26H31F21O10S5. The molecule has 0 saturated carbocycles. The van der Waals surface area contributed by atoms with Crippen molar-refractivity contribution < 1.29 is 140 Å². The van der Waals surface area contributed by atoms with Crippen molar-refractivity contribution in [3.63, 3.8) is 0 Å². The van der Waals surface area contributed by atoms with Gasteiger partial charge in [0.15, 0.2) is 33.0 Å². The van der Waals surface area contributed by atoms with Crippen LogP contribution >= 0.6 is 63.1 Å². The van der Waals surface area contributed by atoms with Gasteiger partial charge >= 0.3 is 84.9 Å². The predicted molar refractivity (Wildman–Crippen MR) is 183 cm³/mol. The SMILES string of the molecule is CC(S)C(=O)OCC(F)(F)C(F)F.CC(S)C(=O)OCC(F)(F)F.O=C(CS)OCC(F)(F)C(F)(F)C(F)(F)F.O=C(CS)OCC(F)(F)C(F)F.O=C(CS)OCC(F)(F)F. The molecule has 0 amide bonds. The molecule has 0 fully saturated rings. The molecular weight excluding hydrogens is 1030 g/mol. The van der Waals surface area contributed by atoms with Crippen molar-refractivity contribution in [1.82, 2.24) is 0 Å². The Morgan fingerprint density at radius 3 is 0.919 bits per heavy atom. The van der Waals surface area contributed by atoms with Gasteiger partial charge in [0.05, 0.1) is 27.8 Å². The van der Waals surface area contributed by atoms with E-state index in [0.29, 0.717) is 0 Å². The van der Waals surface area contributed by atoms with Gasteiger partial charge in [0.1, 0.15) is 0 Å². The molecule has 2 atom stereocenters. The summed E-state index contributed by atoms with van der Waals surface area (Å²) in [6.07, 6.45) is -23.0. The number of carbonyl (C=O) groups is 5. The number of esters is 5. The van der Waals surface area contributed by atoms with Crippen molar-refractivity contribution in [2.75, 3.05) is 50.3 Å². The quantitative estimate of drug-likeness (QED) is 0.0452. The standard InChI is InChI=1S/C6H5F7O2S.C6H8F4O2S.C5H6F4O2S.C5H7F3O2S.C4H5F3O2S/c7-4(8,2-15-3(14)1-16)5(9,10)6(11,12)13;1-3(13)4(11)12-2-6(9,10)5(7)8;6-4(7)5(8,9)2-11-3(10)1-12;1-3(11)4(9)10-2-5(6,7)8;5-4(6,7)2-9-3(8)1-10/h16H,1-2H2;3,5,13H,2H2,1H3;4,12H,1-2H2;3,11H,2H2,1H3;10H,1-2H2. The highest BCUT2D eigenvalue weighted by Gasteiger charge is 2.73. The molecule has 0 heterocycles. The van der Waals surface area contributed by atoms with Crippen LogP contribution < -0.4 is 0 Å². The van der Waals surface area contributed by atoms with Gasteiger partial charge < -0.3 is 23.7 Å². The molecule has 0 saturated heterocycles. The Kier molecular flexibility index (Phi) is 34.0. The van der Waals surface area contributed by atoms with E-state index in [-0.39, 0.29) is 5.75 Å². The summed E-state index contributed by atoms with van der Waals surface area (Å²) in [6, 6.07) is 0. The van der Waals surface area contributed by atoms with Crippen molar-refractivity contribution in [3.05, 3.63) is 0 Å². The fourth-order valence-electron chi connectivity index (χ4n) is 1.63. The van der Waals surface area contributed by atoms with Crippen LogP contribution in [0.5, 0.6) is 0 Å². The summed E-state index contributed by atoms with van der Waals surface area (Å²) in [6.45, 7) is -6.05. The van der Waals surface area contributed by atoms with E-state index < -0.39 is 140 Å². The number of hydrogen-bond acceptors (Lipinski definition) is 15. The highest BCUT2D eigenvalue weighted by molar-refractivity contribution is 7.82. The van der Waals surface area contributed by atoms with Crippen LogP contribution in [0.25, 0.3) is 0 Å². The van der Waals surface area contributed by atoms with Crippen LogP contribution in [0.3, 0.4) is 0 Å². The molecule has 0 spiro atoms. The number of thiol groups is 5. The molecule has 0 aliphatic carbocycles. The first-order chi connectivity index (χ1) is 27.4. The van der Waals surface area contributed by atoms with Gasteiger partial charge in [0.2, 0.25) is 0 Å². The van der Waals surface area contributed by atoms with Crippen LogP contribution in [-0.4, -0.2) is 146 Å². The minimum atomic E-state index is -6.43. The predicted octanol–water partition coefficient (Wildman–Crippen LogP) is 7.83. The lowest BCUT2D eigenvalue weighted by molar-refractivity contribution is -0.359. The summed E-state index contributed by atoms with van der Waals surface area (Å²) in [5.74, 6) is -27.3. The first-order valence-corrected chi connectivity index (χ1v) is 17.6. The van der Waals surface area contributed by atoms with Gasteiger partial charge in [0.25, 0.3) is 0 Å². The third kappa shape index (κ3) is 36.0. The van der Waals surface area contributed by atoms with Crippen molar-refractivity contribution in [2.45, 2.75) is 79.4 Å². The third-order valence-electron chi connectivity index (χ3n) is 4.55. The number of alkyl halides is 21. The Hall–Kier alpha value is -2.37. The Morgan fingerprint density at radius 2 is 0.677 bits per heavy atom. The normalized spacial score (nSPS) is 13.2. The van der Waals surface area contributed by atoms with Crippen LogP contribution in [0, 0.1) is 0 Å². The zero-order valence-corrected chi connectivity index (χ0v) is 34.7. The average Bonchev–Trinajstić information content (AvgIpc) is 3.12. The first-order valence-electron chi connectivity index (χ1n) is 14.7. The zero-order chi connectivity index (χ0) is 50.9. The molecule has 0 N–H and O–H groups in total. The third-order valence-corrected chi connectivity index (χ3v) is 5.74. The van der Waals surface area contributed by atoms with Gasteiger partial charge in [-0.2, -0.15) is 138 Å². The molecule has 10 nitrogen and oxygen atoms in total. The number of halogens is 21. The summed E-state index contributed by atoms with van der Waals surface area (Å²) in [5, 5.41) is -1.73. The van der Waals surface area contributed by atoms with E-state index in [1.807, 2.05) is 0 Å². The van der Waals surface area contributed by atoms with Crippen LogP contribution in [0.15, 0.2) is 0 Å². The molecule has 0 aromatic heterocycles. The van der Waals surface area contributed by atoms with Crippen LogP contribution in [-0.2, 0) is 47.7 Å². The number of carbonyl (C=O) groups excluding carboxylic acids is 5. The molecule has 0 aromatic carbocycles. The van der Waals surface area contributed by atoms with E-state index in [2.05, 4.69) is 86.8 Å². The summed E-state index contributed by atoms with van der Waals surface area (Å²) in [5.41, 5.74) is 0. The van der Waals surface area contributed by atoms with Gasteiger partial charge in [-0.25, -0.2) is 17.6 Å². The van der Waals surface area contributed by atoms with E-state index in [0.717, 1.165) is 0 Å². The van der Waals surface area contributed by atoms with E-state index >= 15 is 0 Å². The fraction of sp³-hybridized carbons (Fsp3) is 0.808. The Labute approximate surface area is 362 Å². The molecule has 0 radical (unpaired) electrons. The van der Waals surface area contributed by atoms with Crippen molar-refractivity contribution >= 4 is 93.0 Å². The van der Waals surface area contributed by atoms with Gasteiger partial charge in [-0.05, 0) is 13.8 Å². The van der Waals surface area contributed by atoms with Gasteiger partial charge in [-0.1, -0.05) is 0 Å². The van der Waals surface area contributed by atoms with Gasteiger partial charge in [0, 0.05) is 0 Å². The summed E-state index contributed by atoms with van der Waals surface area (Å²) in [4.78, 5) is 51.5. The minimum Gasteiger partial charge on any atom is -0.458 e. The van der Waals surface area contributed by atoms with Crippen LogP contribution in [0.2, 0.25) is 0 Å². The molecule has 2 unspecified atom stereocenters. The van der Waals surface area contributed by atoms with E-state index in [1.165, 1.54) is 13.8 Å². The van der Waals surface area contributed by atoms with Crippen molar-refractivity contribution in [2.24, 2.45) is 0 Å². The number of rotatable bonds is 16. The Bertz CT molecular complexity index is 1320. The Morgan fingerprint density at radius 1 is 0.435 bits per heavy atom. The maximum absolute atomic E-state index is 12.4. The minimum absolute atomic E-state index is 0.337. The second-order valence-corrected chi connectivity index (χ2v) is 12.7. The van der Waals surface area contributed by atoms with E-state index in [4.69, 9.17) is 0 Å². The van der Waals surface area contributed by atoms with Crippen LogP contribution in [0.4, 0.5) is 92.2 Å². The lowest BCUT2D eigenvalue weighted by Crippen LogP contribution is -2.54. The van der Waals surface area contributed by atoms with Crippen LogP contribution in [0.1, 0.15) is 13.8 Å². The molecule has 62 heavy (non-hydrogen) atoms. The summed E-state index contributed by atoms with van der Waals surface area (Å²) < 4.78 is 264. The molecule has 0 rings (SSSR count). The van der Waals surface area contributed by atoms with E-state index in [9.17, 15) is 116 Å². The topological polar surface area (TPSA) is 132 Å². The summed E-state index contributed by atoms with van der Waals surface area (Å²) >= 11 is 17.2. The molecule has 36 heteroatoms. The molecule has 0 bridgehead atoms. The lowest BCUT2D eigenvalue weighted by atomic mass is 10.2. The molecule has 0 aliphatic heterocycles. The Balaban J connectivity index is -0.000000220. The molecule has 0 aromatic rings. The van der Waals surface area contributed by atoms with Gasteiger partial charge in [-0.3, -0.25) is 24.0 Å². The largest absolute Gasteiger partial charge is 0.460 e. The van der Waals surface area contributed by atoms with Crippen molar-refractivity contribution in [1.29, 1.82) is 0 Å². The van der Waals surface area contributed by atoms with Gasteiger partial charge in [-0.15, -0.1) is 0 Å². The smallest absolute Gasteiger partial charge is 0.458 e. The number of hydrogen-bond donors (Lipinski definition) is 5. The zero-order valence-electron chi connectivity index (χ0n) is 30.2. The monoisotopic (exact) mass is 1060 g/mol. The van der Waals surface area contributed by atoms with E-state index in [1.54, 1.807) is 0 Å².